The maximum atomic E-state index is 11.6. The highest BCUT2D eigenvalue weighted by molar-refractivity contribution is 5.82. The van der Waals surface area contributed by atoms with Gasteiger partial charge in [0.05, 0.1) is 23.4 Å². The van der Waals surface area contributed by atoms with Crippen LogP contribution >= 0.6 is 0 Å². The first-order chi connectivity index (χ1) is 11.9. The van der Waals surface area contributed by atoms with Gasteiger partial charge in [0.1, 0.15) is 0 Å². The number of H-pyrrole nitrogens is 1. The van der Waals surface area contributed by atoms with Gasteiger partial charge in [-0.25, -0.2) is 10.4 Å². The number of nitrogens with zero attached hydrogens (tertiary/aromatic N) is 3. The zero-order valence-electron chi connectivity index (χ0n) is 14.1. The van der Waals surface area contributed by atoms with Crippen molar-refractivity contribution in [2.45, 2.75) is 26.7 Å². The second kappa shape index (κ2) is 8.04. The van der Waals surface area contributed by atoms with Gasteiger partial charge in [-0.05, 0) is 25.0 Å². The standard InChI is InChI=1S/C16H19N5O4/c1-4-25-14-6-5-11(7-13(14)21(23)24)9-17-20-16-18-12(10(2)3)8-15(22)19-16/h5-10H,4H2,1-3H3,(H2,18,19,20,22)/b17-9-. The van der Waals surface area contributed by atoms with Crippen LogP contribution in [0.1, 0.15) is 37.9 Å². The van der Waals surface area contributed by atoms with Gasteiger partial charge >= 0.3 is 5.69 Å². The van der Waals surface area contributed by atoms with Gasteiger partial charge in [-0.3, -0.25) is 19.9 Å². The van der Waals surface area contributed by atoms with Crippen molar-refractivity contribution in [3.05, 3.63) is 56.0 Å². The third-order valence-electron chi connectivity index (χ3n) is 3.22. The highest BCUT2D eigenvalue weighted by atomic mass is 16.6. The highest BCUT2D eigenvalue weighted by Crippen LogP contribution is 2.27. The molecule has 2 aromatic rings. The molecule has 0 saturated carbocycles. The number of aromatic nitrogens is 2. The predicted octanol–water partition coefficient (Wildman–Crippen LogP) is 2.65. The number of anilines is 1. The van der Waals surface area contributed by atoms with Gasteiger partial charge in [0.15, 0.2) is 5.75 Å². The minimum atomic E-state index is -0.513. The van der Waals surface area contributed by atoms with E-state index in [0.717, 1.165) is 0 Å². The average Bonchev–Trinajstić information content (AvgIpc) is 2.55. The van der Waals surface area contributed by atoms with Crippen LogP contribution in [-0.4, -0.2) is 27.7 Å². The van der Waals surface area contributed by atoms with Crippen LogP contribution in [0.5, 0.6) is 5.75 Å². The van der Waals surface area contributed by atoms with Crippen molar-refractivity contribution in [2.75, 3.05) is 12.0 Å². The molecule has 0 saturated heterocycles. The highest BCUT2D eigenvalue weighted by Gasteiger charge is 2.15. The van der Waals surface area contributed by atoms with Gasteiger partial charge in [-0.2, -0.15) is 5.10 Å². The molecule has 1 aromatic carbocycles. The van der Waals surface area contributed by atoms with E-state index in [1.807, 2.05) is 13.8 Å². The molecule has 25 heavy (non-hydrogen) atoms. The SMILES string of the molecule is CCOc1ccc(/C=N\Nc2nc(C(C)C)cc(=O)[nH]2)cc1[N+](=O)[O-]. The first-order valence-corrected chi connectivity index (χ1v) is 7.72. The molecule has 0 aliphatic heterocycles. The van der Waals surface area contributed by atoms with E-state index < -0.39 is 4.92 Å². The molecule has 0 radical (unpaired) electrons. The number of hydrogen-bond acceptors (Lipinski definition) is 7. The lowest BCUT2D eigenvalue weighted by molar-refractivity contribution is -0.385. The molecule has 9 nitrogen and oxygen atoms in total. The van der Waals surface area contributed by atoms with Gasteiger partial charge in [0, 0.05) is 17.7 Å². The van der Waals surface area contributed by atoms with Crippen LogP contribution in [0.4, 0.5) is 11.6 Å². The van der Waals surface area contributed by atoms with E-state index in [4.69, 9.17) is 4.74 Å². The van der Waals surface area contributed by atoms with Crippen molar-refractivity contribution in [1.82, 2.24) is 9.97 Å². The van der Waals surface area contributed by atoms with E-state index in [2.05, 4.69) is 20.5 Å². The van der Waals surface area contributed by atoms with Gasteiger partial charge in [0.2, 0.25) is 5.95 Å². The van der Waals surface area contributed by atoms with Gasteiger partial charge in [-0.1, -0.05) is 13.8 Å². The Morgan fingerprint density at radius 1 is 1.44 bits per heavy atom. The lowest BCUT2D eigenvalue weighted by Crippen LogP contribution is -2.12. The van der Waals surface area contributed by atoms with Crippen molar-refractivity contribution in [1.29, 1.82) is 0 Å². The van der Waals surface area contributed by atoms with Crippen molar-refractivity contribution in [3.63, 3.8) is 0 Å². The Kier molecular flexibility index (Phi) is 5.83. The predicted molar refractivity (Wildman–Crippen MR) is 94.4 cm³/mol. The Bertz CT molecular complexity index is 845. The summed E-state index contributed by atoms with van der Waals surface area (Å²) in [4.78, 5) is 28.9. The van der Waals surface area contributed by atoms with Crippen molar-refractivity contribution < 1.29 is 9.66 Å². The molecular weight excluding hydrogens is 326 g/mol. The van der Waals surface area contributed by atoms with Crippen LogP contribution in [0.2, 0.25) is 0 Å². The first-order valence-electron chi connectivity index (χ1n) is 7.72. The number of nitro groups is 1. The summed E-state index contributed by atoms with van der Waals surface area (Å²) >= 11 is 0. The normalized spacial score (nSPS) is 11.0. The smallest absolute Gasteiger partial charge is 0.311 e. The third-order valence-corrected chi connectivity index (χ3v) is 3.22. The summed E-state index contributed by atoms with van der Waals surface area (Å²) < 4.78 is 5.22. The Balaban J connectivity index is 2.18. The number of aromatic amines is 1. The minimum Gasteiger partial charge on any atom is -0.487 e. The summed E-state index contributed by atoms with van der Waals surface area (Å²) in [6.45, 7) is 5.94. The third kappa shape index (κ3) is 4.87. The van der Waals surface area contributed by atoms with Crippen molar-refractivity contribution in [3.8, 4) is 5.75 Å². The number of ether oxygens (including phenoxy) is 1. The number of nitrogens with one attached hydrogen (secondary N) is 2. The van der Waals surface area contributed by atoms with Crippen LogP contribution in [0.15, 0.2) is 34.2 Å². The van der Waals surface area contributed by atoms with Crippen molar-refractivity contribution >= 4 is 17.9 Å². The summed E-state index contributed by atoms with van der Waals surface area (Å²) in [6.07, 6.45) is 1.39. The fraction of sp³-hybridized carbons (Fsp3) is 0.312. The van der Waals surface area contributed by atoms with Gasteiger partial charge in [-0.15, -0.1) is 0 Å². The Hall–Kier alpha value is -3.23. The number of benzene rings is 1. The fourth-order valence-electron chi connectivity index (χ4n) is 2.03. The first kappa shape index (κ1) is 18.1. The molecule has 2 rings (SSSR count). The molecule has 0 amide bonds. The lowest BCUT2D eigenvalue weighted by Gasteiger charge is -2.06. The zero-order chi connectivity index (χ0) is 18.4. The molecule has 0 aliphatic carbocycles. The maximum Gasteiger partial charge on any atom is 0.311 e. The fourth-order valence-corrected chi connectivity index (χ4v) is 2.03. The summed E-state index contributed by atoms with van der Waals surface area (Å²) in [5.41, 5.74) is 3.34. The molecule has 0 atom stereocenters. The van der Waals surface area contributed by atoms with E-state index in [1.165, 1.54) is 24.4 Å². The number of rotatable bonds is 7. The van der Waals surface area contributed by atoms with Crippen LogP contribution < -0.4 is 15.7 Å². The summed E-state index contributed by atoms with van der Waals surface area (Å²) in [6, 6.07) is 5.94. The molecule has 132 valence electrons. The molecule has 0 spiro atoms. The minimum absolute atomic E-state index is 0.0978. The number of nitro benzene ring substituents is 1. The molecule has 1 aromatic heterocycles. The number of hydrogen-bond donors (Lipinski definition) is 2. The van der Waals surface area contributed by atoms with Gasteiger partial charge < -0.3 is 4.74 Å². The van der Waals surface area contributed by atoms with Crippen LogP contribution in [0.25, 0.3) is 0 Å². The molecule has 0 aliphatic rings. The van der Waals surface area contributed by atoms with Crippen molar-refractivity contribution in [2.24, 2.45) is 5.10 Å². The topological polar surface area (TPSA) is 123 Å². The lowest BCUT2D eigenvalue weighted by atomic mass is 10.1. The molecule has 0 unspecified atom stereocenters. The number of hydrazone groups is 1. The summed E-state index contributed by atoms with van der Waals surface area (Å²) in [5.74, 6) is 0.502. The molecule has 0 bridgehead atoms. The van der Waals surface area contributed by atoms with Crippen LogP contribution in [0, 0.1) is 10.1 Å². The van der Waals surface area contributed by atoms with E-state index in [9.17, 15) is 14.9 Å². The summed E-state index contributed by atoms with van der Waals surface area (Å²) in [7, 11) is 0. The van der Waals surface area contributed by atoms with E-state index >= 15 is 0 Å². The quantitative estimate of drug-likeness (QED) is 0.452. The molecule has 1 heterocycles. The molecule has 2 N–H and O–H groups in total. The average molecular weight is 345 g/mol. The van der Waals surface area contributed by atoms with Gasteiger partial charge in [0.25, 0.3) is 5.56 Å². The van der Waals surface area contributed by atoms with E-state index in [0.29, 0.717) is 17.9 Å². The Morgan fingerprint density at radius 3 is 2.84 bits per heavy atom. The zero-order valence-corrected chi connectivity index (χ0v) is 14.1. The molecular formula is C16H19N5O4. The van der Waals surface area contributed by atoms with Crippen LogP contribution in [0.3, 0.4) is 0 Å². The Morgan fingerprint density at radius 2 is 2.20 bits per heavy atom. The van der Waals surface area contributed by atoms with E-state index in [1.54, 1.807) is 13.0 Å². The second-order valence-electron chi connectivity index (χ2n) is 5.46. The van der Waals surface area contributed by atoms with Crippen LogP contribution in [-0.2, 0) is 0 Å². The maximum absolute atomic E-state index is 11.6. The van der Waals surface area contributed by atoms with E-state index in [-0.39, 0.29) is 28.9 Å². The largest absolute Gasteiger partial charge is 0.487 e. The Labute approximate surface area is 143 Å². The molecule has 9 heteroatoms. The monoisotopic (exact) mass is 345 g/mol. The second-order valence-corrected chi connectivity index (χ2v) is 5.46. The molecule has 0 fully saturated rings. The summed E-state index contributed by atoms with van der Waals surface area (Å²) in [5, 5.41) is 15.1.